The predicted octanol–water partition coefficient (Wildman–Crippen LogP) is 0.915. The Labute approximate surface area is 80.4 Å². The van der Waals surface area contributed by atoms with Gasteiger partial charge in [0.25, 0.3) is 0 Å². The zero-order valence-corrected chi connectivity index (χ0v) is 8.77. The molecular weight excluding hydrogens is 168 g/mol. The molecule has 0 aromatic heterocycles. The highest BCUT2D eigenvalue weighted by Gasteiger charge is 2.30. The van der Waals surface area contributed by atoms with Crippen LogP contribution >= 0.6 is 0 Å². The summed E-state index contributed by atoms with van der Waals surface area (Å²) in [6, 6.07) is 0. The van der Waals surface area contributed by atoms with Crippen LogP contribution in [0.5, 0.6) is 0 Å². The molecule has 0 aromatic carbocycles. The molecule has 3 nitrogen and oxygen atoms in total. The minimum absolute atomic E-state index is 0.403. The van der Waals surface area contributed by atoms with Crippen LogP contribution in [0.1, 0.15) is 40.0 Å². The largest absolute Gasteiger partial charge is 0.393 e. The molecule has 13 heavy (non-hydrogen) atoms. The molecule has 0 heterocycles. The van der Waals surface area contributed by atoms with E-state index >= 15 is 0 Å². The van der Waals surface area contributed by atoms with E-state index in [1.165, 1.54) is 0 Å². The highest BCUT2D eigenvalue weighted by atomic mass is 16.3. The van der Waals surface area contributed by atoms with Crippen LogP contribution in [0.2, 0.25) is 0 Å². The molecule has 0 aromatic rings. The van der Waals surface area contributed by atoms with Gasteiger partial charge in [-0.25, -0.2) is 0 Å². The van der Waals surface area contributed by atoms with Gasteiger partial charge < -0.3 is 15.3 Å². The van der Waals surface area contributed by atoms with Crippen LogP contribution < -0.4 is 0 Å². The summed E-state index contributed by atoms with van der Waals surface area (Å²) < 4.78 is 0. The molecule has 0 bridgehead atoms. The molecule has 3 atom stereocenters. The molecule has 80 valence electrons. The predicted molar refractivity (Wildman–Crippen MR) is 52.4 cm³/mol. The Hall–Kier alpha value is -0.120. The smallest absolute Gasteiger partial charge is 0.0615 e. The lowest BCUT2D eigenvalue weighted by atomic mass is 9.86. The van der Waals surface area contributed by atoms with Crippen LogP contribution in [0, 0.1) is 5.92 Å². The third-order valence-corrected chi connectivity index (χ3v) is 2.59. The van der Waals surface area contributed by atoms with Crippen molar-refractivity contribution in [1.82, 2.24) is 0 Å². The van der Waals surface area contributed by atoms with Gasteiger partial charge in [-0.3, -0.25) is 0 Å². The lowest BCUT2D eigenvalue weighted by molar-refractivity contribution is -0.0598. The fourth-order valence-electron chi connectivity index (χ4n) is 1.59. The number of aliphatic hydroxyl groups excluding tert-OH is 3. The van der Waals surface area contributed by atoms with Crippen molar-refractivity contribution < 1.29 is 15.3 Å². The minimum Gasteiger partial charge on any atom is -0.393 e. The second-order valence-corrected chi connectivity index (χ2v) is 3.50. The van der Waals surface area contributed by atoms with Crippen molar-refractivity contribution >= 4 is 0 Å². The summed E-state index contributed by atoms with van der Waals surface area (Å²) in [6.07, 6.45) is -0.115. The summed E-state index contributed by atoms with van der Waals surface area (Å²) >= 11 is 0. The number of hydrogen-bond donors (Lipinski definition) is 3. The van der Waals surface area contributed by atoms with Crippen LogP contribution in [0.4, 0.5) is 0 Å². The third kappa shape index (κ3) is 3.63. The quantitative estimate of drug-likeness (QED) is 0.583. The van der Waals surface area contributed by atoms with Crippen molar-refractivity contribution in [2.75, 3.05) is 0 Å². The summed E-state index contributed by atoms with van der Waals surface area (Å²) in [5.41, 5.74) is 0. The van der Waals surface area contributed by atoms with Crippen LogP contribution in [-0.2, 0) is 0 Å². The molecule has 3 unspecified atom stereocenters. The first-order chi connectivity index (χ1) is 6.08. The number of rotatable bonds is 6. The van der Waals surface area contributed by atoms with Gasteiger partial charge in [-0.05, 0) is 19.3 Å². The van der Waals surface area contributed by atoms with E-state index in [1.54, 1.807) is 0 Å². The summed E-state index contributed by atoms with van der Waals surface area (Å²) in [5, 5.41) is 28.8. The second kappa shape index (κ2) is 6.35. The Bertz CT molecular complexity index is 104. The van der Waals surface area contributed by atoms with Crippen LogP contribution in [0.3, 0.4) is 0 Å². The van der Waals surface area contributed by atoms with Crippen molar-refractivity contribution in [2.24, 2.45) is 5.92 Å². The maximum atomic E-state index is 9.60. The lowest BCUT2D eigenvalue weighted by Gasteiger charge is -2.30. The Balaban J connectivity index is 4.34. The molecule has 0 saturated carbocycles. The highest BCUT2D eigenvalue weighted by Crippen LogP contribution is 2.21. The van der Waals surface area contributed by atoms with Gasteiger partial charge >= 0.3 is 0 Å². The molecule has 0 aliphatic carbocycles. The monoisotopic (exact) mass is 190 g/mol. The zero-order chi connectivity index (χ0) is 10.4. The summed E-state index contributed by atoms with van der Waals surface area (Å²) in [6.45, 7) is 5.55. The van der Waals surface area contributed by atoms with Crippen LogP contribution in [-0.4, -0.2) is 33.6 Å². The molecule has 0 fully saturated rings. The Kier molecular flexibility index (Phi) is 6.29. The molecule has 0 saturated heterocycles. The van der Waals surface area contributed by atoms with Gasteiger partial charge in [0.05, 0.1) is 18.3 Å². The molecule has 0 aliphatic rings. The minimum atomic E-state index is -0.607. The van der Waals surface area contributed by atoms with E-state index in [9.17, 15) is 15.3 Å². The van der Waals surface area contributed by atoms with E-state index in [1.807, 2.05) is 20.8 Å². The fraction of sp³-hybridized carbons (Fsp3) is 1.00. The maximum absolute atomic E-state index is 9.60. The van der Waals surface area contributed by atoms with Gasteiger partial charge in [-0.2, -0.15) is 0 Å². The van der Waals surface area contributed by atoms with Gasteiger partial charge in [0.2, 0.25) is 0 Å². The van der Waals surface area contributed by atoms with E-state index in [0.717, 1.165) is 0 Å². The Morgan fingerprint density at radius 2 is 0.923 bits per heavy atom. The van der Waals surface area contributed by atoms with Gasteiger partial charge in [-0.15, -0.1) is 0 Å². The number of aliphatic hydroxyl groups is 3. The standard InChI is InChI=1S/C10H22O3/c1-4-7(11)10(8(12)5-2)9(13)6-3/h7-13H,4-6H2,1-3H3. The van der Waals surface area contributed by atoms with Gasteiger partial charge in [0.1, 0.15) is 0 Å². The molecule has 0 amide bonds. The van der Waals surface area contributed by atoms with E-state index in [0.29, 0.717) is 19.3 Å². The van der Waals surface area contributed by atoms with Gasteiger partial charge in [0, 0.05) is 5.92 Å². The van der Waals surface area contributed by atoms with Crippen LogP contribution in [0.25, 0.3) is 0 Å². The first kappa shape index (κ1) is 12.9. The van der Waals surface area contributed by atoms with E-state index < -0.39 is 24.2 Å². The van der Waals surface area contributed by atoms with Crippen molar-refractivity contribution in [3.05, 3.63) is 0 Å². The molecule has 3 N–H and O–H groups in total. The number of hydrogen-bond acceptors (Lipinski definition) is 3. The van der Waals surface area contributed by atoms with Crippen molar-refractivity contribution in [3.8, 4) is 0 Å². The SMILES string of the molecule is CCC(O)C(C(O)CC)C(O)CC. The average Bonchev–Trinajstić information content (AvgIpc) is 2.16. The van der Waals surface area contributed by atoms with E-state index in [4.69, 9.17) is 0 Å². The molecule has 0 rings (SSSR count). The molecular formula is C10H22O3. The molecule has 0 spiro atoms. The Morgan fingerprint density at radius 1 is 0.692 bits per heavy atom. The molecule has 3 heteroatoms. The van der Waals surface area contributed by atoms with Crippen molar-refractivity contribution in [3.63, 3.8) is 0 Å². The summed E-state index contributed by atoms with van der Waals surface area (Å²) in [7, 11) is 0. The van der Waals surface area contributed by atoms with Crippen molar-refractivity contribution in [2.45, 2.75) is 58.3 Å². The topological polar surface area (TPSA) is 60.7 Å². The Morgan fingerprint density at radius 3 is 1.08 bits per heavy atom. The normalized spacial score (nSPS) is 20.8. The zero-order valence-electron chi connectivity index (χ0n) is 8.77. The first-order valence-corrected chi connectivity index (χ1v) is 5.12. The average molecular weight is 190 g/mol. The highest BCUT2D eigenvalue weighted by molar-refractivity contribution is 4.80. The van der Waals surface area contributed by atoms with Gasteiger partial charge in [-0.1, -0.05) is 20.8 Å². The first-order valence-electron chi connectivity index (χ1n) is 5.12. The van der Waals surface area contributed by atoms with E-state index in [2.05, 4.69) is 0 Å². The van der Waals surface area contributed by atoms with Crippen LogP contribution in [0.15, 0.2) is 0 Å². The summed E-state index contributed by atoms with van der Waals surface area (Å²) in [5.74, 6) is -0.403. The third-order valence-electron chi connectivity index (χ3n) is 2.59. The van der Waals surface area contributed by atoms with E-state index in [-0.39, 0.29) is 0 Å². The summed E-state index contributed by atoms with van der Waals surface area (Å²) in [4.78, 5) is 0. The molecule has 0 radical (unpaired) electrons. The van der Waals surface area contributed by atoms with Gasteiger partial charge in [0.15, 0.2) is 0 Å². The fourth-order valence-corrected chi connectivity index (χ4v) is 1.59. The lowest BCUT2D eigenvalue weighted by Crippen LogP contribution is -2.40. The maximum Gasteiger partial charge on any atom is 0.0615 e. The molecule has 0 aliphatic heterocycles. The van der Waals surface area contributed by atoms with Crippen molar-refractivity contribution in [1.29, 1.82) is 0 Å². The second-order valence-electron chi connectivity index (χ2n) is 3.50.